The summed E-state index contributed by atoms with van der Waals surface area (Å²) in [5.74, 6) is -1.95. The molecular weight excluding hydrogens is 364 g/mol. The Morgan fingerprint density at radius 1 is 1.11 bits per heavy atom. The predicted molar refractivity (Wildman–Crippen MR) is 102 cm³/mol. The molecule has 0 heterocycles. The van der Waals surface area contributed by atoms with Crippen molar-refractivity contribution in [2.24, 2.45) is 5.73 Å². The molecule has 0 bridgehead atoms. The van der Waals surface area contributed by atoms with Crippen LogP contribution < -0.4 is 21.8 Å². The van der Waals surface area contributed by atoms with E-state index in [4.69, 9.17) is 15.7 Å². The number of nitrogens with one attached hydrogen (secondary N) is 3. The van der Waals surface area contributed by atoms with Crippen molar-refractivity contribution >= 4 is 28.5 Å². The molecule has 0 radical (unpaired) electrons. The molecule has 150 valence electrons. The number of carbonyl (C=O) groups excluding carboxylic acids is 3. The minimum atomic E-state index is -1.21. The fraction of sp³-hybridized carbons (Fsp3) is 0.316. The van der Waals surface area contributed by atoms with E-state index >= 15 is 0 Å². The van der Waals surface area contributed by atoms with Crippen molar-refractivity contribution in [2.75, 3.05) is 13.7 Å². The molecule has 2 aromatic rings. The number of methoxy groups -OCH3 is 1. The minimum absolute atomic E-state index is 0.0635. The molecule has 0 saturated heterocycles. The highest BCUT2D eigenvalue weighted by Gasteiger charge is 2.25. The van der Waals surface area contributed by atoms with Crippen molar-refractivity contribution in [3.05, 3.63) is 48.0 Å². The Morgan fingerprint density at radius 3 is 2.54 bits per heavy atom. The van der Waals surface area contributed by atoms with Gasteiger partial charge in [0.05, 0.1) is 19.1 Å². The van der Waals surface area contributed by atoms with Crippen LogP contribution in [-0.4, -0.2) is 48.7 Å². The molecule has 0 fully saturated rings. The van der Waals surface area contributed by atoms with E-state index in [9.17, 15) is 14.4 Å². The molecule has 9 nitrogen and oxygen atoms in total. The Kier molecular flexibility index (Phi) is 7.88. The van der Waals surface area contributed by atoms with E-state index in [-0.39, 0.29) is 13.2 Å². The van der Waals surface area contributed by atoms with Crippen LogP contribution >= 0.6 is 0 Å². The Labute approximate surface area is 162 Å². The highest BCUT2D eigenvalue weighted by atomic mass is 16.5. The summed E-state index contributed by atoms with van der Waals surface area (Å²) in [5, 5.41) is 15.8. The topological polar surface area (TPSA) is 143 Å². The summed E-state index contributed by atoms with van der Waals surface area (Å²) >= 11 is 0. The normalized spacial score (nSPS) is 12.8. The van der Waals surface area contributed by atoms with Gasteiger partial charge in [0.1, 0.15) is 6.04 Å². The van der Waals surface area contributed by atoms with Crippen molar-refractivity contribution in [3.63, 3.8) is 0 Å². The third-order valence-electron chi connectivity index (χ3n) is 4.17. The number of hydroxylamine groups is 1. The molecule has 2 aromatic carbocycles. The largest absolute Gasteiger partial charge is 0.382 e. The summed E-state index contributed by atoms with van der Waals surface area (Å²) < 4.78 is 4.99. The van der Waals surface area contributed by atoms with Crippen LogP contribution in [0.15, 0.2) is 42.5 Å². The first-order valence-corrected chi connectivity index (χ1v) is 8.68. The van der Waals surface area contributed by atoms with Crippen LogP contribution in [0.1, 0.15) is 12.0 Å². The maximum Gasteiger partial charge on any atom is 0.245 e. The quantitative estimate of drug-likeness (QED) is 0.298. The number of fused-ring (bicyclic) bond motifs is 1. The summed E-state index contributed by atoms with van der Waals surface area (Å²) in [7, 11) is 1.40. The molecule has 0 saturated carbocycles. The molecule has 3 amide bonds. The molecule has 0 aliphatic heterocycles. The van der Waals surface area contributed by atoms with Crippen LogP contribution in [0.5, 0.6) is 0 Å². The second kappa shape index (κ2) is 10.4. The van der Waals surface area contributed by atoms with Gasteiger partial charge in [-0.15, -0.1) is 0 Å². The molecular formula is C19H24N4O5. The van der Waals surface area contributed by atoms with Crippen LogP contribution in [0.3, 0.4) is 0 Å². The molecule has 28 heavy (non-hydrogen) atoms. The number of rotatable bonds is 9. The monoisotopic (exact) mass is 388 g/mol. The number of hydrogen-bond donors (Lipinski definition) is 5. The maximum atomic E-state index is 12.5. The molecule has 2 atom stereocenters. The van der Waals surface area contributed by atoms with E-state index in [0.717, 1.165) is 16.3 Å². The lowest BCUT2D eigenvalue weighted by atomic mass is 10.0. The number of nitrogens with two attached hydrogens (primary N) is 1. The number of hydrogen-bond acceptors (Lipinski definition) is 6. The standard InChI is InChI=1S/C19H24N4O5/c1-28-11-16(22-18(25)15(20)9-17(24)23-27)19(26)21-10-13-7-4-6-12-5-2-3-8-14(12)13/h2-8,15-16,27H,9-11,20H2,1H3,(H,21,26)(H,22,25)(H,23,24)/t15-,16-/m0/s1. The van der Waals surface area contributed by atoms with Crippen LogP contribution in [-0.2, 0) is 25.7 Å². The molecule has 6 N–H and O–H groups in total. The Morgan fingerprint density at radius 2 is 1.82 bits per heavy atom. The van der Waals surface area contributed by atoms with Gasteiger partial charge in [-0.25, -0.2) is 5.48 Å². The van der Waals surface area contributed by atoms with Gasteiger partial charge in [0.2, 0.25) is 17.7 Å². The zero-order valence-corrected chi connectivity index (χ0v) is 15.5. The van der Waals surface area contributed by atoms with E-state index < -0.39 is 36.2 Å². The van der Waals surface area contributed by atoms with Gasteiger partial charge < -0.3 is 21.1 Å². The third kappa shape index (κ3) is 5.74. The predicted octanol–water partition coefficient (Wildman–Crippen LogP) is -0.190. The first-order chi connectivity index (χ1) is 13.5. The average molecular weight is 388 g/mol. The lowest BCUT2D eigenvalue weighted by molar-refractivity contribution is -0.134. The second-order valence-corrected chi connectivity index (χ2v) is 6.22. The van der Waals surface area contributed by atoms with Crippen LogP contribution in [0.25, 0.3) is 10.8 Å². The third-order valence-corrected chi connectivity index (χ3v) is 4.17. The van der Waals surface area contributed by atoms with E-state index in [1.165, 1.54) is 12.6 Å². The molecule has 2 rings (SSSR count). The van der Waals surface area contributed by atoms with Gasteiger partial charge in [-0.05, 0) is 16.3 Å². The molecule has 0 aromatic heterocycles. The maximum absolute atomic E-state index is 12.5. The van der Waals surface area contributed by atoms with E-state index in [1.54, 1.807) is 0 Å². The molecule has 0 aliphatic rings. The van der Waals surface area contributed by atoms with Crippen LogP contribution in [0.4, 0.5) is 0 Å². The van der Waals surface area contributed by atoms with E-state index in [2.05, 4.69) is 10.6 Å². The average Bonchev–Trinajstić information content (AvgIpc) is 2.71. The van der Waals surface area contributed by atoms with Crippen molar-refractivity contribution in [2.45, 2.75) is 25.0 Å². The van der Waals surface area contributed by atoms with Crippen molar-refractivity contribution < 1.29 is 24.3 Å². The van der Waals surface area contributed by atoms with Crippen molar-refractivity contribution in [3.8, 4) is 0 Å². The van der Waals surface area contributed by atoms with E-state index in [0.29, 0.717) is 0 Å². The first-order valence-electron chi connectivity index (χ1n) is 8.68. The number of carbonyl (C=O) groups is 3. The summed E-state index contributed by atoms with van der Waals surface area (Å²) in [6, 6.07) is 11.4. The number of benzene rings is 2. The Hall–Kier alpha value is -3.01. The van der Waals surface area contributed by atoms with Crippen molar-refractivity contribution in [1.82, 2.24) is 16.1 Å². The van der Waals surface area contributed by atoms with Gasteiger partial charge in [0.25, 0.3) is 0 Å². The number of ether oxygens (including phenoxy) is 1. The summed E-state index contributed by atoms with van der Waals surface area (Å²) in [6.45, 7) is 0.210. The Balaban J connectivity index is 2.00. The second-order valence-electron chi connectivity index (χ2n) is 6.22. The van der Waals surface area contributed by atoms with Gasteiger partial charge in [-0.2, -0.15) is 0 Å². The molecule has 9 heteroatoms. The SMILES string of the molecule is COC[C@H](NC(=O)[C@@H](N)CC(=O)NO)C(=O)NCc1cccc2ccccc12. The summed E-state index contributed by atoms with van der Waals surface area (Å²) in [6.07, 6.45) is -0.417. The fourth-order valence-electron chi connectivity index (χ4n) is 2.72. The lowest BCUT2D eigenvalue weighted by Gasteiger charge is -2.20. The first kappa shape index (κ1) is 21.3. The van der Waals surface area contributed by atoms with Gasteiger partial charge in [-0.1, -0.05) is 42.5 Å². The summed E-state index contributed by atoms with van der Waals surface area (Å²) in [4.78, 5) is 35.7. The van der Waals surface area contributed by atoms with Gasteiger partial charge in [0, 0.05) is 13.7 Å². The molecule has 0 aliphatic carbocycles. The molecule has 0 spiro atoms. The minimum Gasteiger partial charge on any atom is -0.382 e. The lowest BCUT2D eigenvalue weighted by Crippen LogP contribution is -2.54. The Bertz CT molecular complexity index is 837. The number of amides is 3. The van der Waals surface area contributed by atoms with Gasteiger partial charge >= 0.3 is 0 Å². The van der Waals surface area contributed by atoms with Crippen molar-refractivity contribution in [1.29, 1.82) is 0 Å². The zero-order chi connectivity index (χ0) is 20.5. The smallest absolute Gasteiger partial charge is 0.245 e. The zero-order valence-electron chi connectivity index (χ0n) is 15.5. The highest BCUT2D eigenvalue weighted by Crippen LogP contribution is 2.18. The molecule has 0 unspecified atom stereocenters. The van der Waals surface area contributed by atoms with E-state index in [1.807, 2.05) is 42.5 Å². The van der Waals surface area contributed by atoms with Gasteiger partial charge in [0.15, 0.2) is 0 Å². The van der Waals surface area contributed by atoms with Gasteiger partial charge in [-0.3, -0.25) is 19.6 Å². The summed E-state index contributed by atoms with van der Waals surface area (Å²) in [5.41, 5.74) is 7.95. The fourth-order valence-corrected chi connectivity index (χ4v) is 2.72. The van der Waals surface area contributed by atoms with Crippen LogP contribution in [0, 0.1) is 0 Å². The van der Waals surface area contributed by atoms with Crippen LogP contribution in [0.2, 0.25) is 0 Å². The highest BCUT2D eigenvalue weighted by molar-refractivity contribution is 5.92.